The maximum Gasteiger partial charge on any atom is 0.261 e. The van der Waals surface area contributed by atoms with Crippen LogP contribution in [-0.4, -0.2) is 27.5 Å². The molecule has 31 heavy (non-hydrogen) atoms. The number of benzene rings is 3. The van der Waals surface area contributed by atoms with E-state index in [0.717, 1.165) is 11.3 Å². The average Bonchev–Trinajstić information content (AvgIpc) is 2.75. The van der Waals surface area contributed by atoms with Crippen LogP contribution in [-0.2, 0) is 10.0 Å². The molecule has 0 aliphatic heterocycles. The van der Waals surface area contributed by atoms with Crippen molar-refractivity contribution in [1.29, 1.82) is 0 Å². The van der Waals surface area contributed by atoms with E-state index in [1.54, 1.807) is 37.3 Å². The summed E-state index contributed by atoms with van der Waals surface area (Å²) in [5.74, 6) is 0.453. The molecule has 0 saturated carbocycles. The fraction of sp³-hybridized carbons (Fsp3) is 0.208. The lowest BCUT2D eigenvalue weighted by atomic mass is 10.1. The van der Waals surface area contributed by atoms with E-state index in [1.807, 2.05) is 32.0 Å². The summed E-state index contributed by atoms with van der Waals surface area (Å²) in [6.45, 7) is 6.49. The molecule has 0 heterocycles. The Morgan fingerprint density at radius 3 is 2.29 bits per heavy atom. The Morgan fingerprint density at radius 2 is 1.58 bits per heavy atom. The molecule has 0 atom stereocenters. The van der Waals surface area contributed by atoms with Crippen LogP contribution in [0.4, 0.5) is 5.69 Å². The fourth-order valence-corrected chi connectivity index (χ4v) is 4.06. The highest BCUT2D eigenvalue weighted by Gasteiger charge is 2.16. The number of nitrogens with one attached hydrogen (secondary N) is 2. The molecule has 0 aliphatic carbocycles. The molecule has 0 fully saturated rings. The number of aryl methyl sites for hydroxylation is 3. The van der Waals surface area contributed by atoms with Gasteiger partial charge in [0.1, 0.15) is 12.4 Å². The topological polar surface area (TPSA) is 84.5 Å². The fourth-order valence-electron chi connectivity index (χ4n) is 2.92. The molecule has 0 unspecified atom stereocenters. The lowest BCUT2D eigenvalue weighted by Crippen LogP contribution is -2.28. The van der Waals surface area contributed by atoms with Crippen LogP contribution >= 0.6 is 0 Å². The van der Waals surface area contributed by atoms with Crippen LogP contribution in [0.2, 0.25) is 0 Å². The number of carbonyl (C=O) groups excluding carboxylic acids is 1. The molecule has 162 valence electrons. The number of rotatable bonds is 8. The van der Waals surface area contributed by atoms with Gasteiger partial charge < -0.3 is 10.1 Å². The van der Waals surface area contributed by atoms with Gasteiger partial charge in [-0.15, -0.1) is 0 Å². The first-order valence-corrected chi connectivity index (χ1v) is 11.4. The second kappa shape index (κ2) is 9.66. The van der Waals surface area contributed by atoms with E-state index in [9.17, 15) is 13.2 Å². The van der Waals surface area contributed by atoms with Crippen molar-refractivity contribution in [2.75, 3.05) is 17.9 Å². The number of amides is 1. The van der Waals surface area contributed by atoms with Crippen LogP contribution in [0.1, 0.15) is 27.0 Å². The maximum atomic E-state index is 12.6. The van der Waals surface area contributed by atoms with Gasteiger partial charge in [0.05, 0.1) is 17.1 Å². The van der Waals surface area contributed by atoms with E-state index in [4.69, 9.17) is 4.74 Å². The Bertz CT molecular complexity index is 1180. The summed E-state index contributed by atoms with van der Waals surface area (Å²) < 4.78 is 33.4. The van der Waals surface area contributed by atoms with Crippen molar-refractivity contribution in [3.63, 3.8) is 0 Å². The second-order valence-corrected chi connectivity index (χ2v) is 8.98. The predicted molar refractivity (Wildman–Crippen MR) is 122 cm³/mol. The van der Waals surface area contributed by atoms with Gasteiger partial charge in [0.2, 0.25) is 0 Å². The minimum absolute atomic E-state index is 0.160. The number of carbonyl (C=O) groups is 1. The third-order valence-electron chi connectivity index (χ3n) is 4.93. The zero-order valence-corrected chi connectivity index (χ0v) is 18.6. The van der Waals surface area contributed by atoms with Crippen molar-refractivity contribution in [2.24, 2.45) is 0 Å². The summed E-state index contributed by atoms with van der Waals surface area (Å²) in [5, 5.41) is 2.80. The molecule has 2 N–H and O–H groups in total. The lowest BCUT2D eigenvalue weighted by Gasteiger charge is -2.13. The number of anilines is 1. The van der Waals surface area contributed by atoms with Gasteiger partial charge in [-0.2, -0.15) is 0 Å². The number of hydrogen-bond acceptors (Lipinski definition) is 4. The molecule has 3 rings (SSSR count). The van der Waals surface area contributed by atoms with Crippen LogP contribution in [0.15, 0.2) is 71.6 Å². The molecule has 0 radical (unpaired) electrons. The summed E-state index contributed by atoms with van der Waals surface area (Å²) in [6.07, 6.45) is 0. The second-order valence-electron chi connectivity index (χ2n) is 7.30. The van der Waals surface area contributed by atoms with Crippen molar-refractivity contribution < 1.29 is 17.9 Å². The third kappa shape index (κ3) is 5.86. The molecule has 3 aromatic rings. The number of sulfonamides is 1. The first-order chi connectivity index (χ1) is 14.8. The van der Waals surface area contributed by atoms with Crippen LogP contribution in [0.25, 0.3) is 0 Å². The van der Waals surface area contributed by atoms with E-state index in [2.05, 4.69) is 10.0 Å². The van der Waals surface area contributed by atoms with E-state index >= 15 is 0 Å². The van der Waals surface area contributed by atoms with Gasteiger partial charge in [0.25, 0.3) is 15.9 Å². The Kier molecular flexibility index (Phi) is 6.97. The number of ether oxygens (including phenoxy) is 1. The molecule has 0 spiro atoms. The van der Waals surface area contributed by atoms with E-state index in [-0.39, 0.29) is 10.8 Å². The Hall–Kier alpha value is -3.32. The quantitative estimate of drug-likeness (QED) is 0.516. The normalized spacial score (nSPS) is 11.1. The molecule has 7 heteroatoms. The summed E-state index contributed by atoms with van der Waals surface area (Å²) in [5.41, 5.74) is 3.78. The van der Waals surface area contributed by atoms with Gasteiger partial charge in [0, 0.05) is 5.56 Å². The smallest absolute Gasteiger partial charge is 0.261 e. The SMILES string of the molecule is Cc1ccc(OCCNC(=O)c2ccc(C)c(NS(=O)(=O)c3ccccc3)c2)cc1C. The average molecular weight is 439 g/mol. The summed E-state index contributed by atoms with van der Waals surface area (Å²) in [7, 11) is -3.74. The Labute approximate surface area is 183 Å². The van der Waals surface area contributed by atoms with Crippen molar-refractivity contribution in [1.82, 2.24) is 5.32 Å². The van der Waals surface area contributed by atoms with Crippen LogP contribution in [0, 0.1) is 20.8 Å². The van der Waals surface area contributed by atoms with Crippen molar-refractivity contribution in [3.8, 4) is 5.75 Å². The van der Waals surface area contributed by atoms with Gasteiger partial charge in [-0.05, 0) is 73.9 Å². The highest BCUT2D eigenvalue weighted by atomic mass is 32.2. The van der Waals surface area contributed by atoms with Crippen molar-refractivity contribution >= 4 is 21.6 Å². The van der Waals surface area contributed by atoms with Crippen LogP contribution in [0.3, 0.4) is 0 Å². The minimum Gasteiger partial charge on any atom is -0.492 e. The molecule has 0 aliphatic rings. The first-order valence-electron chi connectivity index (χ1n) is 9.93. The minimum atomic E-state index is -3.74. The lowest BCUT2D eigenvalue weighted by molar-refractivity contribution is 0.0947. The van der Waals surface area contributed by atoms with E-state index in [1.165, 1.54) is 23.8 Å². The van der Waals surface area contributed by atoms with Gasteiger partial charge >= 0.3 is 0 Å². The van der Waals surface area contributed by atoms with Gasteiger partial charge in [-0.1, -0.05) is 30.3 Å². The van der Waals surface area contributed by atoms with Crippen molar-refractivity contribution in [2.45, 2.75) is 25.7 Å². The molecular formula is C24H26N2O4S. The zero-order valence-electron chi connectivity index (χ0n) is 17.8. The van der Waals surface area contributed by atoms with Crippen LogP contribution in [0.5, 0.6) is 5.75 Å². The van der Waals surface area contributed by atoms with Crippen molar-refractivity contribution in [3.05, 3.63) is 89.0 Å². The first kappa shape index (κ1) is 22.4. The molecule has 1 amide bonds. The molecule has 0 bridgehead atoms. The maximum absolute atomic E-state index is 12.6. The molecular weight excluding hydrogens is 412 g/mol. The van der Waals surface area contributed by atoms with Gasteiger partial charge in [-0.25, -0.2) is 8.42 Å². The molecule has 3 aromatic carbocycles. The molecule has 0 saturated heterocycles. The van der Waals surface area contributed by atoms with Gasteiger partial charge in [0.15, 0.2) is 0 Å². The van der Waals surface area contributed by atoms with Gasteiger partial charge in [-0.3, -0.25) is 9.52 Å². The monoisotopic (exact) mass is 438 g/mol. The van der Waals surface area contributed by atoms with E-state index < -0.39 is 10.0 Å². The third-order valence-corrected chi connectivity index (χ3v) is 6.31. The largest absolute Gasteiger partial charge is 0.492 e. The summed E-state index contributed by atoms with van der Waals surface area (Å²) >= 11 is 0. The zero-order chi connectivity index (χ0) is 22.4. The van der Waals surface area contributed by atoms with Crippen LogP contribution < -0.4 is 14.8 Å². The number of hydrogen-bond donors (Lipinski definition) is 2. The Morgan fingerprint density at radius 1 is 0.871 bits per heavy atom. The highest BCUT2D eigenvalue weighted by molar-refractivity contribution is 7.92. The summed E-state index contributed by atoms with van der Waals surface area (Å²) in [6, 6.07) is 18.9. The highest BCUT2D eigenvalue weighted by Crippen LogP contribution is 2.21. The molecule has 0 aromatic heterocycles. The predicted octanol–water partition coefficient (Wildman–Crippen LogP) is 4.22. The van der Waals surface area contributed by atoms with E-state index in [0.29, 0.717) is 30.0 Å². The standard InChI is InChI=1S/C24H26N2O4S/c1-17-10-12-21(15-19(17)3)30-14-13-25-24(27)20-11-9-18(2)23(16-20)26-31(28,29)22-7-5-4-6-8-22/h4-12,15-16,26H,13-14H2,1-3H3,(H,25,27). The molecule has 6 nitrogen and oxygen atoms in total. The summed E-state index contributed by atoms with van der Waals surface area (Å²) in [4.78, 5) is 12.7. The Balaban J connectivity index is 1.61.